The van der Waals surface area contributed by atoms with Crippen molar-refractivity contribution in [3.8, 4) is 0 Å². The number of rotatable bonds is 5. The lowest BCUT2D eigenvalue weighted by molar-refractivity contribution is 0.692. The third-order valence-electron chi connectivity index (χ3n) is 3.93. The fraction of sp³-hybridized carbons (Fsp3) is 0.333. The van der Waals surface area contributed by atoms with Crippen LogP contribution in [0, 0.1) is 0 Å². The summed E-state index contributed by atoms with van der Waals surface area (Å²) >= 11 is 1.94. The van der Waals surface area contributed by atoms with E-state index in [9.17, 15) is 0 Å². The zero-order valence-electron chi connectivity index (χ0n) is 12.3. The highest BCUT2D eigenvalue weighted by molar-refractivity contribution is 7.99. The van der Waals surface area contributed by atoms with Gasteiger partial charge in [-0.25, -0.2) is 0 Å². The highest BCUT2D eigenvalue weighted by atomic mass is 32.2. The molecule has 0 unspecified atom stereocenters. The highest BCUT2D eigenvalue weighted by Crippen LogP contribution is 2.36. The van der Waals surface area contributed by atoms with Crippen LogP contribution in [0.3, 0.4) is 0 Å². The van der Waals surface area contributed by atoms with E-state index >= 15 is 0 Å². The molecule has 110 valence electrons. The van der Waals surface area contributed by atoms with Crippen molar-refractivity contribution >= 4 is 23.1 Å². The summed E-state index contributed by atoms with van der Waals surface area (Å²) in [6.45, 7) is 2.26. The fourth-order valence-electron chi connectivity index (χ4n) is 2.80. The van der Waals surface area contributed by atoms with E-state index in [1.54, 1.807) is 0 Å². The molecule has 2 aromatic carbocycles. The van der Waals surface area contributed by atoms with Gasteiger partial charge < -0.3 is 10.6 Å². The summed E-state index contributed by atoms with van der Waals surface area (Å²) in [6, 6.07) is 17.0. The molecule has 0 radical (unpaired) electrons. The molecule has 2 aromatic rings. The zero-order chi connectivity index (χ0) is 14.5. The first kappa shape index (κ1) is 14.3. The minimum absolute atomic E-state index is 0.866. The summed E-state index contributed by atoms with van der Waals surface area (Å²) in [5, 5.41) is 0. The predicted molar refractivity (Wildman–Crippen MR) is 93.2 cm³/mol. The van der Waals surface area contributed by atoms with E-state index in [2.05, 4.69) is 47.4 Å². The zero-order valence-corrected chi connectivity index (χ0v) is 13.1. The molecule has 1 aliphatic rings. The molecule has 21 heavy (non-hydrogen) atoms. The molecule has 3 rings (SSSR count). The molecule has 0 aliphatic carbocycles. The van der Waals surface area contributed by atoms with Crippen molar-refractivity contribution < 1.29 is 0 Å². The van der Waals surface area contributed by atoms with Gasteiger partial charge in [0.1, 0.15) is 0 Å². The van der Waals surface area contributed by atoms with E-state index in [-0.39, 0.29) is 0 Å². The lowest BCUT2D eigenvalue weighted by Crippen LogP contribution is -2.30. The first-order valence-corrected chi connectivity index (χ1v) is 8.63. The Morgan fingerprint density at radius 2 is 1.90 bits per heavy atom. The van der Waals surface area contributed by atoms with Crippen molar-refractivity contribution in [2.75, 3.05) is 29.5 Å². The van der Waals surface area contributed by atoms with Gasteiger partial charge in [0, 0.05) is 29.4 Å². The van der Waals surface area contributed by atoms with Crippen LogP contribution in [0.1, 0.15) is 18.4 Å². The Balaban J connectivity index is 1.54. The Morgan fingerprint density at radius 1 is 1.05 bits per heavy atom. The van der Waals surface area contributed by atoms with E-state index in [0.29, 0.717) is 0 Å². The minimum atomic E-state index is 0.866. The van der Waals surface area contributed by atoms with Gasteiger partial charge in [-0.2, -0.15) is 0 Å². The van der Waals surface area contributed by atoms with Crippen LogP contribution in [0.25, 0.3) is 0 Å². The SMILES string of the molecule is Nc1ccc2c(c1)N(CCCCc1ccccc1)CCS2. The van der Waals surface area contributed by atoms with E-state index in [1.165, 1.54) is 41.2 Å². The van der Waals surface area contributed by atoms with Crippen LogP contribution in [0.15, 0.2) is 53.4 Å². The van der Waals surface area contributed by atoms with Crippen LogP contribution in [-0.4, -0.2) is 18.8 Å². The Kier molecular flexibility index (Phi) is 4.71. The molecule has 0 aromatic heterocycles. The van der Waals surface area contributed by atoms with Crippen LogP contribution < -0.4 is 10.6 Å². The molecule has 0 amide bonds. The van der Waals surface area contributed by atoms with Gasteiger partial charge in [-0.05, 0) is 43.0 Å². The quantitative estimate of drug-likeness (QED) is 0.662. The van der Waals surface area contributed by atoms with Gasteiger partial charge in [0.2, 0.25) is 0 Å². The molecule has 2 nitrogen and oxygen atoms in total. The first-order valence-electron chi connectivity index (χ1n) is 7.64. The monoisotopic (exact) mass is 298 g/mol. The number of hydrogen-bond donors (Lipinski definition) is 1. The standard InChI is InChI=1S/C18H22N2S/c19-16-9-10-18-17(14-16)20(12-13-21-18)11-5-4-8-15-6-2-1-3-7-15/h1-3,6-7,9-10,14H,4-5,8,11-13,19H2. The number of aryl methyl sites for hydroxylation is 1. The summed E-state index contributed by atoms with van der Waals surface area (Å²) in [7, 11) is 0. The fourth-order valence-corrected chi connectivity index (χ4v) is 3.83. The molecule has 0 fully saturated rings. The number of nitrogen functional groups attached to an aromatic ring is 1. The van der Waals surface area contributed by atoms with Crippen molar-refractivity contribution in [3.63, 3.8) is 0 Å². The van der Waals surface area contributed by atoms with E-state index in [4.69, 9.17) is 5.73 Å². The van der Waals surface area contributed by atoms with E-state index in [0.717, 1.165) is 18.8 Å². The van der Waals surface area contributed by atoms with Gasteiger partial charge in [-0.3, -0.25) is 0 Å². The third-order valence-corrected chi connectivity index (χ3v) is 4.97. The van der Waals surface area contributed by atoms with Crippen molar-refractivity contribution in [1.29, 1.82) is 0 Å². The van der Waals surface area contributed by atoms with Gasteiger partial charge in [-0.15, -0.1) is 11.8 Å². The van der Waals surface area contributed by atoms with E-state index < -0.39 is 0 Å². The van der Waals surface area contributed by atoms with Crippen molar-refractivity contribution in [2.24, 2.45) is 0 Å². The summed E-state index contributed by atoms with van der Waals surface area (Å²) in [4.78, 5) is 3.87. The van der Waals surface area contributed by atoms with Crippen molar-refractivity contribution in [3.05, 3.63) is 54.1 Å². The Bertz CT molecular complexity index is 583. The summed E-state index contributed by atoms with van der Waals surface area (Å²) in [5.41, 5.74) is 9.57. The molecule has 1 aliphatic heterocycles. The molecule has 3 heteroatoms. The lowest BCUT2D eigenvalue weighted by atomic mass is 10.1. The maximum Gasteiger partial charge on any atom is 0.0525 e. The normalized spacial score (nSPS) is 14.0. The van der Waals surface area contributed by atoms with Crippen molar-refractivity contribution in [2.45, 2.75) is 24.2 Å². The van der Waals surface area contributed by atoms with Crippen molar-refractivity contribution in [1.82, 2.24) is 0 Å². The minimum Gasteiger partial charge on any atom is -0.399 e. The van der Waals surface area contributed by atoms with Crippen LogP contribution in [0.5, 0.6) is 0 Å². The molecule has 0 saturated heterocycles. The van der Waals surface area contributed by atoms with Crippen LogP contribution >= 0.6 is 11.8 Å². The van der Waals surface area contributed by atoms with Gasteiger partial charge in [0.25, 0.3) is 0 Å². The maximum absolute atomic E-state index is 5.94. The molecular formula is C18H22N2S. The van der Waals surface area contributed by atoms with E-state index in [1.807, 2.05) is 17.8 Å². The summed E-state index contributed by atoms with van der Waals surface area (Å²) in [5.74, 6) is 1.18. The molecule has 1 heterocycles. The smallest absolute Gasteiger partial charge is 0.0525 e. The number of nitrogens with zero attached hydrogens (tertiary/aromatic N) is 1. The second kappa shape index (κ2) is 6.90. The van der Waals surface area contributed by atoms with Gasteiger partial charge >= 0.3 is 0 Å². The van der Waals surface area contributed by atoms with Gasteiger partial charge in [0.15, 0.2) is 0 Å². The lowest BCUT2D eigenvalue weighted by Gasteiger charge is -2.31. The number of hydrogen-bond acceptors (Lipinski definition) is 3. The number of benzene rings is 2. The van der Waals surface area contributed by atoms with Crippen LogP contribution in [0.2, 0.25) is 0 Å². The summed E-state index contributed by atoms with van der Waals surface area (Å²) < 4.78 is 0. The molecule has 0 atom stereocenters. The highest BCUT2D eigenvalue weighted by Gasteiger charge is 2.16. The Labute approximate surface area is 131 Å². The van der Waals surface area contributed by atoms with Gasteiger partial charge in [0.05, 0.1) is 5.69 Å². The second-order valence-corrected chi connectivity index (χ2v) is 6.64. The molecule has 0 spiro atoms. The third kappa shape index (κ3) is 3.73. The Hall–Kier alpha value is -1.61. The van der Waals surface area contributed by atoms with Gasteiger partial charge in [-0.1, -0.05) is 30.3 Å². The molecule has 0 saturated carbocycles. The number of unbranched alkanes of at least 4 members (excludes halogenated alkanes) is 1. The largest absolute Gasteiger partial charge is 0.399 e. The Morgan fingerprint density at radius 3 is 2.76 bits per heavy atom. The average molecular weight is 298 g/mol. The maximum atomic E-state index is 5.94. The number of anilines is 2. The van der Waals surface area contributed by atoms with Crippen LogP contribution in [-0.2, 0) is 6.42 Å². The second-order valence-electron chi connectivity index (χ2n) is 5.51. The van der Waals surface area contributed by atoms with Crippen LogP contribution in [0.4, 0.5) is 11.4 Å². The number of thioether (sulfide) groups is 1. The topological polar surface area (TPSA) is 29.3 Å². The average Bonchev–Trinajstić information content (AvgIpc) is 2.53. The molecule has 0 bridgehead atoms. The summed E-state index contributed by atoms with van der Waals surface area (Å²) in [6.07, 6.45) is 3.65. The first-order chi connectivity index (χ1) is 10.3. The molecule has 2 N–H and O–H groups in total. The number of nitrogens with two attached hydrogens (primary N) is 1. The molecular weight excluding hydrogens is 276 g/mol. The predicted octanol–water partition coefficient (Wildman–Crippen LogP) is 4.20. The number of fused-ring (bicyclic) bond motifs is 1.